The van der Waals surface area contributed by atoms with Gasteiger partial charge in [-0.1, -0.05) is 79.4 Å². The van der Waals surface area contributed by atoms with Crippen molar-refractivity contribution in [3.8, 4) is 0 Å². The fraction of sp³-hybridized carbons (Fsp3) is 0.676. The van der Waals surface area contributed by atoms with Gasteiger partial charge < -0.3 is 24.5 Å². The molecule has 5 nitrogen and oxygen atoms in total. The van der Waals surface area contributed by atoms with Crippen molar-refractivity contribution in [1.29, 1.82) is 0 Å². The van der Waals surface area contributed by atoms with Crippen molar-refractivity contribution in [1.82, 2.24) is 0 Å². The molecule has 1 aliphatic heterocycles. The maximum Gasteiger partial charge on any atom is 0.0804 e. The zero-order valence-electron chi connectivity index (χ0n) is 28.3. The molecule has 236 valence electrons. The smallest absolute Gasteiger partial charge is 0.0804 e. The lowest BCUT2D eigenvalue weighted by Gasteiger charge is -2.42. The van der Waals surface area contributed by atoms with Gasteiger partial charge >= 0.3 is 0 Å². The maximum absolute atomic E-state index is 9.31. The van der Waals surface area contributed by atoms with E-state index in [4.69, 9.17) is 5.11 Å². The highest BCUT2D eigenvalue weighted by molar-refractivity contribution is 5.94. The largest absolute Gasteiger partial charge is 0.396 e. The van der Waals surface area contributed by atoms with Crippen molar-refractivity contribution >= 4 is 22.7 Å². The summed E-state index contributed by atoms with van der Waals surface area (Å²) in [6, 6.07) is 14.4. The van der Waals surface area contributed by atoms with Crippen LogP contribution >= 0.6 is 0 Å². The summed E-state index contributed by atoms with van der Waals surface area (Å²) < 4.78 is 0.963. The van der Waals surface area contributed by atoms with E-state index in [0.717, 1.165) is 56.3 Å². The van der Waals surface area contributed by atoms with Gasteiger partial charge in [0.05, 0.1) is 49.9 Å². The van der Waals surface area contributed by atoms with Crippen LogP contribution in [0.2, 0.25) is 0 Å². The Kier molecular flexibility index (Phi) is 12.4. The molecule has 0 fully saturated rings. The fourth-order valence-corrected chi connectivity index (χ4v) is 6.12. The molecule has 0 spiro atoms. The molecule has 0 saturated carbocycles. The summed E-state index contributed by atoms with van der Waals surface area (Å²) in [4.78, 5) is 5.21. The third kappa shape index (κ3) is 9.46. The maximum atomic E-state index is 9.31. The number of unbranched alkanes of at least 4 members (excludes halogenated alkanes) is 6. The van der Waals surface area contributed by atoms with E-state index in [1.165, 1.54) is 66.0 Å². The van der Waals surface area contributed by atoms with Crippen LogP contribution in [-0.2, 0) is 10.8 Å². The van der Waals surface area contributed by atoms with Gasteiger partial charge in [0.25, 0.3) is 0 Å². The third-order valence-corrected chi connectivity index (χ3v) is 8.95. The first kappa shape index (κ1) is 34.4. The van der Waals surface area contributed by atoms with E-state index in [9.17, 15) is 5.11 Å². The zero-order chi connectivity index (χ0) is 31.0. The van der Waals surface area contributed by atoms with Crippen molar-refractivity contribution in [3.05, 3.63) is 47.5 Å². The van der Waals surface area contributed by atoms with Crippen LogP contribution in [0.25, 0.3) is 0 Å². The highest BCUT2D eigenvalue weighted by atomic mass is 16.3. The Bertz CT molecular complexity index is 1110. The summed E-state index contributed by atoms with van der Waals surface area (Å²) in [5.41, 5.74) is 8.30. The predicted octanol–water partition coefficient (Wildman–Crippen LogP) is 8.44. The Labute approximate surface area is 258 Å². The number of fused-ring (bicyclic) bond motifs is 2. The van der Waals surface area contributed by atoms with Gasteiger partial charge in [0, 0.05) is 32.7 Å². The lowest BCUT2D eigenvalue weighted by atomic mass is 9.85. The van der Waals surface area contributed by atoms with Gasteiger partial charge in [-0.25, -0.2) is 0 Å². The molecule has 1 heterocycles. The molecule has 0 aliphatic carbocycles. The molecule has 2 N–H and O–H groups in total. The Morgan fingerprint density at radius 3 is 1.38 bits per heavy atom. The molecule has 0 amide bonds. The molecular formula is C37H62N3O2+. The lowest BCUT2D eigenvalue weighted by Crippen LogP contribution is -2.41. The average Bonchev–Trinajstić information content (AvgIpc) is 2.92. The van der Waals surface area contributed by atoms with Gasteiger partial charge in [-0.2, -0.15) is 0 Å². The highest BCUT2D eigenvalue weighted by Crippen LogP contribution is 2.50. The average molecular weight is 581 g/mol. The number of rotatable bonds is 16. The van der Waals surface area contributed by atoms with E-state index < -0.39 is 0 Å². The van der Waals surface area contributed by atoms with Crippen molar-refractivity contribution < 1.29 is 14.7 Å². The first-order chi connectivity index (χ1) is 19.8. The number of hydrogen-bond donors (Lipinski definition) is 2. The van der Waals surface area contributed by atoms with Crippen molar-refractivity contribution in [2.24, 2.45) is 0 Å². The molecule has 0 bridgehead atoms. The van der Waals surface area contributed by atoms with Crippen molar-refractivity contribution in [2.75, 3.05) is 63.3 Å². The predicted molar refractivity (Wildman–Crippen MR) is 182 cm³/mol. The number of aliphatic hydroxyl groups is 2. The van der Waals surface area contributed by atoms with E-state index in [-0.39, 0.29) is 17.4 Å². The fourth-order valence-electron chi connectivity index (χ4n) is 6.12. The first-order valence-electron chi connectivity index (χ1n) is 16.7. The van der Waals surface area contributed by atoms with Crippen molar-refractivity contribution in [3.63, 3.8) is 0 Å². The Morgan fingerprint density at radius 1 is 0.524 bits per heavy atom. The summed E-state index contributed by atoms with van der Waals surface area (Å²) in [5.74, 6) is 0. The molecule has 3 rings (SSSR count). The molecule has 2 aromatic rings. The zero-order valence-corrected chi connectivity index (χ0v) is 28.3. The lowest BCUT2D eigenvalue weighted by molar-refractivity contribution is -0.890. The normalized spacial score (nSPS) is 13.9. The van der Waals surface area contributed by atoms with Crippen LogP contribution in [-0.4, -0.2) is 68.2 Å². The molecule has 42 heavy (non-hydrogen) atoms. The van der Waals surface area contributed by atoms with Crippen LogP contribution in [0.3, 0.4) is 0 Å². The van der Waals surface area contributed by atoms with Gasteiger partial charge in [0.1, 0.15) is 0 Å². The van der Waals surface area contributed by atoms with Crippen LogP contribution in [0.5, 0.6) is 0 Å². The minimum atomic E-state index is 0.0880. The van der Waals surface area contributed by atoms with Gasteiger partial charge in [-0.3, -0.25) is 0 Å². The number of quaternary nitrogens is 1. The molecular weight excluding hydrogens is 518 g/mol. The topological polar surface area (TPSA) is 46.9 Å². The molecule has 0 aromatic heterocycles. The molecule has 0 unspecified atom stereocenters. The SMILES string of the molecule is CC(C)(C)c1ccc2c(c1)N(CCCCCCCCO)c1ccc(C(C)(C)C)cc1N2CCCC[N+](C)(C)CCCO. The number of anilines is 4. The second-order valence-electron chi connectivity index (χ2n) is 15.2. The number of aliphatic hydroxyl groups excluding tert-OH is 2. The quantitative estimate of drug-likeness (QED) is 0.154. The third-order valence-electron chi connectivity index (χ3n) is 8.95. The molecule has 1 aliphatic rings. The summed E-state index contributed by atoms with van der Waals surface area (Å²) >= 11 is 0. The molecule has 2 aromatic carbocycles. The monoisotopic (exact) mass is 580 g/mol. The van der Waals surface area contributed by atoms with Crippen molar-refractivity contribution in [2.45, 2.75) is 110 Å². The molecule has 0 saturated heterocycles. The minimum absolute atomic E-state index is 0.0880. The van der Waals surface area contributed by atoms with Gasteiger partial charge in [-0.05, 0) is 71.9 Å². The summed E-state index contributed by atoms with van der Waals surface area (Å²) in [7, 11) is 4.57. The highest BCUT2D eigenvalue weighted by Gasteiger charge is 2.31. The Balaban J connectivity index is 1.93. The summed E-state index contributed by atoms with van der Waals surface area (Å²) in [5, 5.41) is 18.4. The van der Waals surface area contributed by atoms with E-state index in [0.29, 0.717) is 6.61 Å². The second-order valence-corrected chi connectivity index (χ2v) is 15.2. The Hall–Kier alpha value is -2.08. The van der Waals surface area contributed by atoms with Crippen LogP contribution < -0.4 is 9.80 Å². The van der Waals surface area contributed by atoms with Gasteiger partial charge in [0.15, 0.2) is 0 Å². The first-order valence-corrected chi connectivity index (χ1v) is 16.7. The van der Waals surface area contributed by atoms with E-state index in [1.807, 2.05) is 0 Å². The number of benzene rings is 2. The molecule has 0 radical (unpaired) electrons. The standard InChI is InChI=1S/C37H62N3O2/c1-36(2,3)30-19-21-33-34(28-30)38(22-13-11-9-10-12-16-26-41)32-20-18-31(37(4,5)6)29-35(32)39(33)23-14-15-24-40(7,8)25-17-27-42/h18-21,28-29,41-42H,9-17,22-27H2,1-8H3/q+1. The number of nitrogens with zero attached hydrogens (tertiary/aromatic N) is 3. The van der Waals surface area contributed by atoms with E-state index in [2.05, 4.69) is 102 Å². The van der Waals surface area contributed by atoms with Crippen LogP contribution in [0, 0.1) is 0 Å². The van der Waals surface area contributed by atoms with E-state index >= 15 is 0 Å². The van der Waals surface area contributed by atoms with E-state index in [1.54, 1.807) is 0 Å². The van der Waals surface area contributed by atoms with Gasteiger partial charge in [-0.15, -0.1) is 0 Å². The molecule has 0 atom stereocenters. The summed E-state index contributed by atoms with van der Waals surface area (Å²) in [6.45, 7) is 18.6. The van der Waals surface area contributed by atoms with Crippen LogP contribution in [0.4, 0.5) is 22.7 Å². The van der Waals surface area contributed by atoms with Gasteiger partial charge in [0.2, 0.25) is 0 Å². The Morgan fingerprint density at radius 2 is 0.929 bits per heavy atom. The second kappa shape index (κ2) is 15.1. The summed E-state index contributed by atoms with van der Waals surface area (Å²) in [6.07, 6.45) is 10.0. The molecule has 5 heteroatoms. The minimum Gasteiger partial charge on any atom is -0.396 e. The van der Waals surface area contributed by atoms with Crippen LogP contribution in [0.15, 0.2) is 36.4 Å². The van der Waals surface area contributed by atoms with Crippen LogP contribution in [0.1, 0.15) is 110 Å². The number of hydrogen-bond acceptors (Lipinski definition) is 4.